The Balaban J connectivity index is 2.00. The molecular formula is C14H27NO. The van der Waals surface area contributed by atoms with Crippen molar-refractivity contribution in [2.75, 3.05) is 13.2 Å². The summed E-state index contributed by atoms with van der Waals surface area (Å²) in [7, 11) is 0. The Morgan fingerprint density at radius 2 is 2.12 bits per heavy atom. The van der Waals surface area contributed by atoms with Gasteiger partial charge in [0, 0.05) is 12.6 Å². The second kappa shape index (κ2) is 4.66. The van der Waals surface area contributed by atoms with Crippen LogP contribution in [0.25, 0.3) is 0 Å². The van der Waals surface area contributed by atoms with E-state index in [0.717, 1.165) is 13.2 Å². The predicted molar refractivity (Wildman–Crippen MR) is 67.6 cm³/mol. The van der Waals surface area contributed by atoms with E-state index < -0.39 is 0 Å². The minimum atomic E-state index is 0.201. The molecule has 94 valence electrons. The van der Waals surface area contributed by atoms with Crippen molar-refractivity contribution in [2.24, 2.45) is 5.41 Å². The molecule has 0 bridgehead atoms. The van der Waals surface area contributed by atoms with Crippen LogP contribution in [0.15, 0.2) is 0 Å². The van der Waals surface area contributed by atoms with E-state index >= 15 is 0 Å². The molecule has 1 aliphatic heterocycles. The summed E-state index contributed by atoms with van der Waals surface area (Å²) < 4.78 is 6.18. The summed E-state index contributed by atoms with van der Waals surface area (Å²) in [6.07, 6.45) is 7.65. The van der Waals surface area contributed by atoms with E-state index in [1.54, 1.807) is 0 Å². The highest BCUT2D eigenvalue weighted by atomic mass is 16.5. The number of rotatable bonds is 2. The van der Waals surface area contributed by atoms with Crippen molar-refractivity contribution < 1.29 is 4.74 Å². The fourth-order valence-corrected chi connectivity index (χ4v) is 3.73. The fourth-order valence-electron chi connectivity index (χ4n) is 3.73. The van der Waals surface area contributed by atoms with Crippen molar-refractivity contribution in [3.63, 3.8) is 0 Å². The lowest BCUT2D eigenvalue weighted by Gasteiger charge is -2.49. The van der Waals surface area contributed by atoms with Crippen LogP contribution in [0.1, 0.15) is 59.3 Å². The van der Waals surface area contributed by atoms with Gasteiger partial charge in [-0.25, -0.2) is 0 Å². The standard InChI is InChI=1S/C14H27NO/c1-4-15-12-6-9-16-14(10-12)8-5-7-13(2,3)11-14/h12,15H,4-11H2,1-3H3. The highest BCUT2D eigenvalue weighted by Crippen LogP contribution is 2.46. The molecule has 2 unspecified atom stereocenters. The predicted octanol–water partition coefficient (Wildman–Crippen LogP) is 3.11. The summed E-state index contributed by atoms with van der Waals surface area (Å²) in [5.74, 6) is 0. The van der Waals surface area contributed by atoms with Crippen molar-refractivity contribution >= 4 is 0 Å². The second-order valence-electron chi connectivity index (χ2n) is 6.47. The van der Waals surface area contributed by atoms with Gasteiger partial charge in [0.15, 0.2) is 0 Å². The topological polar surface area (TPSA) is 21.3 Å². The van der Waals surface area contributed by atoms with Crippen LogP contribution in [0.4, 0.5) is 0 Å². The van der Waals surface area contributed by atoms with Crippen molar-refractivity contribution in [3.8, 4) is 0 Å². The minimum Gasteiger partial charge on any atom is -0.375 e. The van der Waals surface area contributed by atoms with Crippen LogP contribution in [0, 0.1) is 5.41 Å². The van der Waals surface area contributed by atoms with Crippen molar-refractivity contribution in [1.29, 1.82) is 0 Å². The Kier molecular flexibility index (Phi) is 3.60. The van der Waals surface area contributed by atoms with Crippen molar-refractivity contribution in [2.45, 2.75) is 70.9 Å². The third kappa shape index (κ3) is 2.78. The highest BCUT2D eigenvalue weighted by Gasteiger charge is 2.43. The maximum Gasteiger partial charge on any atom is 0.0702 e. The van der Waals surface area contributed by atoms with E-state index in [4.69, 9.17) is 4.74 Å². The SMILES string of the molecule is CCNC1CCOC2(CCCC(C)(C)C2)C1. The largest absolute Gasteiger partial charge is 0.375 e. The molecule has 2 fully saturated rings. The zero-order valence-electron chi connectivity index (χ0n) is 11.1. The molecule has 0 aromatic carbocycles. The quantitative estimate of drug-likeness (QED) is 0.779. The van der Waals surface area contributed by atoms with Gasteiger partial charge in [-0.15, -0.1) is 0 Å². The average Bonchev–Trinajstić information content (AvgIpc) is 2.16. The van der Waals surface area contributed by atoms with Crippen LogP contribution in [0.3, 0.4) is 0 Å². The van der Waals surface area contributed by atoms with E-state index in [-0.39, 0.29) is 5.60 Å². The van der Waals surface area contributed by atoms with Crippen LogP contribution in [-0.4, -0.2) is 24.8 Å². The molecule has 2 rings (SSSR count). The van der Waals surface area contributed by atoms with Crippen LogP contribution in [0.2, 0.25) is 0 Å². The Morgan fingerprint density at radius 1 is 1.31 bits per heavy atom. The number of hydrogen-bond donors (Lipinski definition) is 1. The fraction of sp³-hybridized carbons (Fsp3) is 1.00. The zero-order chi connectivity index (χ0) is 11.6. The van der Waals surface area contributed by atoms with Gasteiger partial charge in [-0.1, -0.05) is 27.2 Å². The van der Waals surface area contributed by atoms with Crippen LogP contribution >= 0.6 is 0 Å². The Labute approximate surface area is 100 Å². The molecule has 1 saturated carbocycles. The Morgan fingerprint density at radius 3 is 2.81 bits per heavy atom. The van der Waals surface area contributed by atoms with Gasteiger partial charge in [0.2, 0.25) is 0 Å². The molecule has 1 aliphatic carbocycles. The lowest BCUT2D eigenvalue weighted by atomic mass is 9.67. The molecule has 16 heavy (non-hydrogen) atoms. The van der Waals surface area contributed by atoms with Crippen molar-refractivity contribution in [3.05, 3.63) is 0 Å². The zero-order valence-corrected chi connectivity index (χ0v) is 11.1. The smallest absolute Gasteiger partial charge is 0.0702 e. The van der Waals surface area contributed by atoms with Gasteiger partial charge in [0.1, 0.15) is 0 Å². The molecule has 2 atom stereocenters. The number of hydrogen-bond acceptors (Lipinski definition) is 2. The van der Waals surface area contributed by atoms with Gasteiger partial charge in [0.25, 0.3) is 0 Å². The van der Waals surface area contributed by atoms with Gasteiger partial charge in [-0.2, -0.15) is 0 Å². The van der Waals surface area contributed by atoms with Gasteiger partial charge >= 0.3 is 0 Å². The molecule has 1 N–H and O–H groups in total. The summed E-state index contributed by atoms with van der Waals surface area (Å²) in [6.45, 7) is 9.03. The van der Waals surface area contributed by atoms with E-state index in [9.17, 15) is 0 Å². The molecule has 0 radical (unpaired) electrons. The Hall–Kier alpha value is -0.0800. The molecule has 0 aromatic heterocycles. The van der Waals surface area contributed by atoms with Gasteiger partial charge in [-0.05, 0) is 44.1 Å². The third-order valence-electron chi connectivity index (χ3n) is 4.27. The first kappa shape index (κ1) is 12.4. The minimum absolute atomic E-state index is 0.201. The molecule has 1 saturated heterocycles. The molecule has 0 aromatic rings. The maximum absolute atomic E-state index is 6.18. The first-order chi connectivity index (χ1) is 7.55. The molecule has 2 heteroatoms. The normalized spacial score (nSPS) is 38.8. The molecule has 1 spiro atoms. The van der Waals surface area contributed by atoms with Crippen LogP contribution in [0.5, 0.6) is 0 Å². The lowest BCUT2D eigenvalue weighted by molar-refractivity contribution is -0.131. The van der Waals surface area contributed by atoms with E-state index in [1.807, 2.05) is 0 Å². The summed E-state index contributed by atoms with van der Waals surface area (Å²) in [4.78, 5) is 0. The van der Waals surface area contributed by atoms with Gasteiger partial charge in [-0.3, -0.25) is 0 Å². The summed E-state index contributed by atoms with van der Waals surface area (Å²) >= 11 is 0. The number of ether oxygens (including phenoxy) is 1. The monoisotopic (exact) mass is 225 g/mol. The Bertz CT molecular complexity index is 233. The second-order valence-corrected chi connectivity index (χ2v) is 6.47. The molecule has 1 heterocycles. The third-order valence-corrected chi connectivity index (χ3v) is 4.27. The first-order valence-corrected chi connectivity index (χ1v) is 6.93. The summed E-state index contributed by atoms with van der Waals surface area (Å²) in [5.41, 5.74) is 0.680. The van der Waals surface area contributed by atoms with Crippen molar-refractivity contribution in [1.82, 2.24) is 5.32 Å². The van der Waals surface area contributed by atoms with Gasteiger partial charge < -0.3 is 10.1 Å². The van der Waals surface area contributed by atoms with E-state index in [0.29, 0.717) is 11.5 Å². The summed E-state index contributed by atoms with van der Waals surface area (Å²) in [5, 5.41) is 3.60. The van der Waals surface area contributed by atoms with Crippen LogP contribution in [-0.2, 0) is 4.74 Å². The van der Waals surface area contributed by atoms with Gasteiger partial charge in [0.05, 0.1) is 5.60 Å². The lowest BCUT2D eigenvalue weighted by Crippen LogP contribution is -2.50. The highest BCUT2D eigenvalue weighted by molar-refractivity contribution is 4.96. The molecular weight excluding hydrogens is 198 g/mol. The van der Waals surface area contributed by atoms with Crippen LogP contribution < -0.4 is 5.32 Å². The molecule has 2 nitrogen and oxygen atoms in total. The first-order valence-electron chi connectivity index (χ1n) is 6.93. The van der Waals surface area contributed by atoms with E-state index in [2.05, 4.69) is 26.1 Å². The number of nitrogens with one attached hydrogen (secondary N) is 1. The summed E-state index contributed by atoms with van der Waals surface area (Å²) in [6, 6.07) is 0.688. The average molecular weight is 225 g/mol. The molecule has 0 amide bonds. The van der Waals surface area contributed by atoms with E-state index in [1.165, 1.54) is 38.5 Å². The maximum atomic E-state index is 6.18. The molecule has 2 aliphatic rings.